The Kier molecular flexibility index (Phi) is 8.71. The topological polar surface area (TPSA) is 58.6 Å². The maximum Gasteiger partial charge on any atom is 0.417 e. The number of hydrogen-bond acceptors (Lipinski definition) is 3. The Labute approximate surface area is 162 Å². The Bertz CT molecular complexity index is 751. The number of carbonyl (C=O) groups is 1. The highest BCUT2D eigenvalue weighted by Crippen LogP contribution is 2.36. The van der Waals surface area contributed by atoms with Crippen molar-refractivity contribution in [2.24, 2.45) is 5.92 Å². The average molecular weight is 452 g/mol. The number of halogens is 5. The molecule has 0 spiro atoms. The number of aliphatic hydroxyl groups is 1. The Morgan fingerprint density at radius 3 is 2.33 bits per heavy atom. The predicted octanol–water partition coefficient (Wildman–Crippen LogP) is 4.87. The van der Waals surface area contributed by atoms with E-state index in [1.54, 1.807) is 6.92 Å². The summed E-state index contributed by atoms with van der Waals surface area (Å²) in [7, 11) is 1.00. The number of nitrogens with one attached hydrogen (secondary N) is 1. The van der Waals surface area contributed by atoms with E-state index >= 15 is 0 Å². The average Bonchev–Trinajstić information content (AvgIpc) is 2.63. The number of ether oxygens (including phenoxy) is 1. The minimum Gasteiger partial charge on any atom is -0.493 e. The van der Waals surface area contributed by atoms with Crippen LogP contribution in [0.3, 0.4) is 0 Å². The highest BCUT2D eigenvalue weighted by atomic mass is 79.9. The fourth-order valence-electron chi connectivity index (χ4n) is 1.91. The zero-order valence-electron chi connectivity index (χ0n) is 14.5. The first-order chi connectivity index (χ1) is 12.7. The van der Waals surface area contributed by atoms with Gasteiger partial charge in [-0.05, 0) is 42.5 Å². The standard InChI is InChI=1S/C17H14BrF4NO2.CH4O/c1-10(9-25-13-5-2-11(19)3-6-13)16(24)23-12-4-7-15(18)14(8-12)17(20,21)22;1-2/h2-8,10H,9H2,1H3,(H,23,24);2H,1H3. The first-order valence-electron chi connectivity index (χ1n) is 7.67. The Hall–Kier alpha value is -2.13. The van der Waals surface area contributed by atoms with Gasteiger partial charge in [-0.15, -0.1) is 0 Å². The Morgan fingerprint density at radius 1 is 1.19 bits per heavy atom. The highest BCUT2D eigenvalue weighted by molar-refractivity contribution is 9.10. The van der Waals surface area contributed by atoms with Gasteiger partial charge in [-0.25, -0.2) is 4.39 Å². The Balaban J connectivity index is 0.00000176. The van der Waals surface area contributed by atoms with Crippen molar-refractivity contribution in [2.45, 2.75) is 13.1 Å². The van der Waals surface area contributed by atoms with Crippen LogP contribution in [-0.4, -0.2) is 24.7 Å². The molecule has 27 heavy (non-hydrogen) atoms. The summed E-state index contributed by atoms with van der Waals surface area (Å²) < 4.78 is 56.7. The van der Waals surface area contributed by atoms with Crippen molar-refractivity contribution in [1.29, 1.82) is 0 Å². The van der Waals surface area contributed by atoms with E-state index in [1.807, 2.05) is 0 Å². The molecule has 0 heterocycles. The van der Waals surface area contributed by atoms with Gasteiger partial charge in [0.2, 0.25) is 5.91 Å². The molecule has 2 aromatic carbocycles. The van der Waals surface area contributed by atoms with Gasteiger partial charge < -0.3 is 15.2 Å². The predicted molar refractivity (Wildman–Crippen MR) is 97.0 cm³/mol. The molecule has 0 aliphatic rings. The van der Waals surface area contributed by atoms with Crippen molar-refractivity contribution >= 4 is 27.5 Å². The van der Waals surface area contributed by atoms with Crippen molar-refractivity contribution in [3.8, 4) is 5.75 Å². The second-order valence-corrected chi connectivity index (χ2v) is 6.20. The maximum atomic E-state index is 12.9. The van der Waals surface area contributed by atoms with Crippen LogP contribution in [0.1, 0.15) is 12.5 Å². The lowest BCUT2D eigenvalue weighted by Crippen LogP contribution is -2.25. The van der Waals surface area contributed by atoms with E-state index in [1.165, 1.54) is 36.4 Å². The fraction of sp³-hybridized carbons (Fsp3) is 0.278. The lowest BCUT2D eigenvalue weighted by atomic mass is 10.1. The number of hydrogen-bond donors (Lipinski definition) is 2. The van der Waals surface area contributed by atoms with Crippen molar-refractivity contribution in [3.63, 3.8) is 0 Å². The molecule has 9 heteroatoms. The van der Waals surface area contributed by atoms with Crippen LogP contribution in [-0.2, 0) is 11.0 Å². The second-order valence-electron chi connectivity index (χ2n) is 5.35. The molecule has 0 aliphatic carbocycles. The van der Waals surface area contributed by atoms with E-state index in [9.17, 15) is 22.4 Å². The van der Waals surface area contributed by atoms with E-state index in [0.717, 1.165) is 13.2 Å². The van der Waals surface area contributed by atoms with E-state index in [-0.39, 0.29) is 16.8 Å². The molecule has 0 saturated heterocycles. The van der Waals surface area contributed by atoms with Crippen LogP contribution in [0.2, 0.25) is 0 Å². The number of alkyl halides is 3. The van der Waals surface area contributed by atoms with Crippen molar-refractivity contribution in [2.75, 3.05) is 19.0 Å². The van der Waals surface area contributed by atoms with Crippen molar-refractivity contribution in [3.05, 3.63) is 58.3 Å². The largest absolute Gasteiger partial charge is 0.493 e. The van der Waals surface area contributed by atoms with Gasteiger partial charge in [0, 0.05) is 17.3 Å². The van der Waals surface area contributed by atoms with E-state index < -0.39 is 29.4 Å². The fourth-order valence-corrected chi connectivity index (χ4v) is 2.38. The molecule has 1 amide bonds. The normalized spacial score (nSPS) is 11.9. The van der Waals surface area contributed by atoms with Gasteiger partial charge in [0.05, 0.1) is 18.1 Å². The minimum atomic E-state index is -4.53. The zero-order chi connectivity index (χ0) is 20.6. The van der Waals surface area contributed by atoms with Crippen molar-refractivity contribution in [1.82, 2.24) is 0 Å². The van der Waals surface area contributed by atoms with Crippen LogP contribution < -0.4 is 10.1 Å². The molecule has 2 N–H and O–H groups in total. The molecule has 0 bridgehead atoms. The molecule has 2 rings (SSSR count). The summed E-state index contributed by atoms with van der Waals surface area (Å²) in [6.07, 6.45) is -4.53. The van der Waals surface area contributed by atoms with Gasteiger partial charge in [0.1, 0.15) is 11.6 Å². The molecule has 0 fully saturated rings. The summed E-state index contributed by atoms with van der Waals surface area (Å²) in [5, 5.41) is 9.43. The summed E-state index contributed by atoms with van der Waals surface area (Å²) in [6.45, 7) is 1.57. The Morgan fingerprint density at radius 2 is 1.78 bits per heavy atom. The number of amides is 1. The van der Waals surface area contributed by atoms with Crippen molar-refractivity contribution < 1.29 is 32.2 Å². The van der Waals surface area contributed by atoms with Crippen LogP contribution in [0.15, 0.2) is 46.9 Å². The van der Waals surface area contributed by atoms with Crippen LogP contribution in [0.4, 0.5) is 23.2 Å². The summed E-state index contributed by atoms with van der Waals surface area (Å²) in [5.74, 6) is -1.13. The summed E-state index contributed by atoms with van der Waals surface area (Å²) >= 11 is 2.84. The third-order valence-corrected chi connectivity index (χ3v) is 3.99. The van der Waals surface area contributed by atoms with Gasteiger partial charge in [-0.1, -0.05) is 22.9 Å². The molecule has 2 aromatic rings. The zero-order valence-corrected chi connectivity index (χ0v) is 16.1. The number of rotatable bonds is 5. The smallest absolute Gasteiger partial charge is 0.417 e. The second kappa shape index (κ2) is 10.3. The van der Waals surface area contributed by atoms with E-state index in [0.29, 0.717) is 5.75 Å². The lowest BCUT2D eigenvalue weighted by molar-refractivity contribution is -0.138. The number of anilines is 1. The molecule has 0 aromatic heterocycles. The first kappa shape index (κ1) is 22.9. The lowest BCUT2D eigenvalue weighted by Gasteiger charge is -2.15. The van der Waals surface area contributed by atoms with Gasteiger partial charge in [0.25, 0.3) is 0 Å². The molecule has 0 aliphatic heterocycles. The van der Waals surface area contributed by atoms with E-state index in [2.05, 4.69) is 21.2 Å². The molecule has 4 nitrogen and oxygen atoms in total. The summed E-state index contributed by atoms with van der Waals surface area (Å²) in [6, 6.07) is 8.73. The SMILES string of the molecule is CC(COc1ccc(F)cc1)C(=O)Nc1ccc(Br)c(C(F)(F)F)c1.CO. The van der Waals surface area contributed by atoms with Crippen LogP contribution in [0.25, 0.3) is 0 Å². The third kappa shape index (κ3) is 7.18. The quantitative estimate of drug-likeness (QED) is 0.637. The van der Waals surface area contributed by atoms with Gasteiger partial charge in [-0.3, -0.25) is 4.79 Å². The minimum absolute atomic E-state index is 0.000121. The molecule has 1 unspecified atom stereocenters. The molecular formula is C18H18BrF4NO3. The molecule has 0 saturated carbocycles. The van der Waals surface area contributed by atoms with E-state index in [4.69, 9.17) is 9.84 Å². The molecule has 148 valence electrons. The third-order valence-electron chi connectivity index (χ3n) is 3.30. The van der Waals surface area contributed by atoms with Crippen LogP contribution >= 0.6 is 15.9 Å². The van der Waals surface area contributed by atoms with Gasteiger partial charge in [0.15, 0.2) is 0 Å². The molecule has 0 radical (unpaired) electrons. The first-order valence-corrected chi connectivity index (χ1v) is 8.47. The van der Waals surface area contributed by atoms with Gasteiger partial charge in [-0.2, -0.15) is 13.2 Å². The number of benzene rings is 2. The molecular weight excluding hydrogens is 434 g/mol. The number of aliphatic hydroxyl groups excluding tert-OH is 1. The number of carbonyl (C=O) groups excluding carboxylic acids is 1. The van der Waals surface area contributed by atoms with Crippen LogP contribution in [0, 0.1) is 11.7 Å². The maximum absolute atomic E-state index is 12.9. The van der Waals surface area contributed by atoms with Gasteiger partial charge >= 0.3 is 6.18 Å². The summed E-state index contributed by atoms with van der Waals surface area (Å²) in [5.41, 5.74) is -0.838. The monoisotopic (exact) mass is 451 g/mol. The molecule has 1 atom stereocenters. The van der Waals surface area contributed by atoms with Crippen LogP contribution in [0.5, 0.6) is 5.75 Å². The highest BCUT2D eigenvalue weighted by Gasteiger charge is 2.33. The summed E-state index contributed by atoms with van der Waals surface area (Å²) in [4.78, 5) is 12.1.